The van der Waals surface area contributed by atoms with Gasteiger partial charge in [-0.05, 0) is 73.7 Å². The maximum Gasteiger partial charge on any atom is 0.343 e. The van der Waals surface area contributed by atoms with Crippen LogP contribution < -0.4 is 19.6 Å². The van der Waals surface area contributed by atoms with E-state index in [0.29, 0.717) is 34.3 Å². The minimum absolute atomic E-state index is 0.225. The molecule has 0 saturated carbocycles. The van der Waals surface area contributed by atoms with Gasteiger partial charge in [0.25, 0.3) is 5.91 Å². The maximum atomic E-state index is 12.5. The van der Waals surface area contributed by atoms with Gasteiger partial charge in [0.1, 0.15) is 17.2 Å². The van der Waals surface area contributed by atoms with Gasteiger partial charge in [-0.15, -0.1) is 0 Å². The Hall–Kier alpha value is -3.36. The molecule has 0 bridgehead atoms. The molecule has 3 rings (SSSR count). The fourth-order valence-corrected chi connectivity index (χ4v) is 3.12. The van der Waals surface area contributed by atoms with Crippen LogP contribution in [0.2, 0.25) is 5.02 Å². The number of benzene rings is 3. The van der Waals surface area contributed by atoms with Gasteiger partial charge >= 0.3 is 5.97 Å². The Morgan fingerprint density at radius 1 is 1.00 bits per heavy atom. The molecule has 7 nitrogen and oxygen atoms in total. The largest absolute Gasteiger partial charge is 0.494 e. The highest BCUT2D eigenvalue weighted by molar-refractivity contribution is 9.10. The van der Waals surface area contributed by atoms with Crippen molar-refractivity contribution in [2.75, 3.05) is 13.2 Å². The number of hydrazone groups is 1. The lowest BCUT2D eigenvalue weighted by Crippen LogP contribution is -2.24. The van der Waals surface area contributed by atoms with E-state index in [-0.39, 0.29) is 12.4 Å². The fourth-order valence-electron chi connectivity index (χ4n) is 2.61. The van der Waals surface area contributed by atoms with Crippen molar-refractivity contribution in [1.29, 1.82) is 0 Å². The van der Waals surface area contributed by atoms with Crippen molar-refractivity contribution in [2.24, 2.45) is 5.10 Å². The standard InChI is InChI=1S/C24H20BrClN2O5/c1-2-31-20-8-3-16(4-9-20)24(30)33-22-12-5-18(25)13-17(22)14-27-28-23(29)15-32-21-10-6-19(26)7-11-21/h3-14H,2,15H2,1H3,(H,28,29). The minimum Gasteiger partial charge on any atom is -0.494 e. The molecule has 0 heterocycles. The maximum absolute atomic E-state index is 12.5. The molecule has 0 fully saturated rings. The molecule has 0 spiro atoms. The number of rotatable bonds is 9. The lowest BCUT2D eigenvalue weighted by molar-refractivity contribution is -0.123. The Balaban J connectivity index is 1.60. The second kappa shape index (κ2) is 12.0. The second-order valence-electron chi connectivity index (χ2n) is 6.56. The molecule has 3 aromatic carbocycles. The average molecular weight is 532 g/mol. The number of ether oxygens (including phenoxy) is 3. The molecule has 3 aromatic rings. The van der Waals surface area contributed by atoms with E-state index in [1.165, 1.54) is 6.21 Å². The zero-order valence-electron chi connectivity index (χ0n) is 17.6. The van der Waals surface area contributed by atoms with Gasteiger partial charge in [-0.25, -0.2) is 10.2 Å². The van der Waals surface area contributed by atoms with Crippen LogP contribution in [-0.4, -0.2) is 31.3 Å². The van der Waals surface area contributed by atoms with Crippen LogP contribution >= 0.6 is 27.5 Å². The monoisotopic (exact) mass is 530 g/mol. The SMILES string of the molecule is CCOc1ccc(C(=O)Oc2ccc(Br)cc2C=NNC(=O)COc2ccc(Cl)cc2)cc1. The highest BCUT2D eigenvalue weighted by atomic mass is 79.9. The second-order valence-corrected chi connectivity index (χ2v) is 7.92. The van der Waals surface area contributed by atoms with Gasteiger partial charge in [0.05, 0.1) is 18.4 Å². The van der Waals surface area contributed by atoms with Crippen LogP contribution in [0.3, 0.4) is 0 Å². The van der Waals surface area contributed by atoms with E-state index in [0.717, 1.165) is 4.47 Å². The number of nitrogens with zero attached hydrogens (tertiary/aromatic N) is 1. The van der Waals surface area contributed by atoms with Gasteiger partial charge in [0.2, 0.25) is 0 Å². The molecule has 9 heteroatoms. The van der Waals surface area contributed by atoms with Crippen molar-refractivity contribution >= 4 is 45.6 Å². The Kier molecular flexibility index (Phi) is 8.86. The van der Waals surface area contributed by atoms with E-state index >= 15 is 0 Å². The van der Waals surface area contributed by atoms with Gasteiger partial charge in [-0.2, -0.15) is 5.10 Å². The van der Waals surface area contributed by atoms with E-state index < -0.39 is 11.9 Å². The van der Waals surface area contributed by atoms with Crippen LogP contribution in [0.1, 0.15) is 22.8 Å². The molecule has 1 N–H and O–H groups in total. The number of halogens is 2. The predicted molar refractivity (Wildman–Crippen MR) is 129 cm³/mol. The summed E-state index contributed by atoms with van der Waals surface area (Å²) in [5.74, 6) is 0.474. The summed E-state index contributed by atoms with van der Waals surface area (Å²) in [5, 5.41) is 4.50. The highest BCUT2D eigenvalue weighted by Gasteiger charge is 2.12. The Morgan fingerprint density at radius 2 is 1.67 bits per heavy atom. The van der Waals surface area contributed by atoms with Crippen molar-refractivity contribution in [1.82, 2.24) is 5.43 Å². The number of carbonyl (C=O) groups is 2. The molecule has 0 unspecified atom stereocenters. The number of esters is 1. The van der Waals surface area contributed by atoms with Crippen molar-refractivity contribution in [3.8, 4) is 17.2 Å². The summed E-state index contributed by atoms with van der Waals surface area (Å²) in [5.41, 5.74) is 3.23. The number of carbonyl (C=O) groups excluding carboxylic acids is 2. The molecular formula is C24H20BrClN2O5. The quantitative estimate of drug-likeness (QED) is 0.176. The molecule has 1 amide bonds. The Bertz CT molecular complexity index is 1130. The first kappa shape index (κ1) is 24.3. The third-order valence-corrected chi connectivity index (χ3v) is 4.90. The summed E-state index contributed by atoms with van der Waals surface area (Å²) in [7, 11) is 0. The summed E-state index contributed by atoms with van der Waals surface area (Å²) in [6.07, 6.45) is 1.38. The molecule has 0 aliphatic heterocycles. The lowest BCUT2D eigenvalue weighted by Gasteiger charge is -2.09. The first-order chi connectivity index (χ1) is 15.9. The predicted octanol–water partition coefficient (Wildman–Crippen LogP) is 5.25. The van der Waals surface area contributed by atoms with Gasteiger partial charge < -0.3 is 14.2 Å². The molecule has 0 aliphatic carbocycles. The zero-order chi connectivity index (χ0) is 23.6. The summed E-state index contributed by atoms with van der Waals surface area (Å²) in [6, 6.07) is 18.4. The smallest absolute Gasteiger partial charge is 0.343 e. The van der Waals surface area contributed by atoms with Gasteiger partial charge in [0, 0.05) is 15.1 Å². The van der Waals surface area contributed by atoms with Crippen LogP contribution in [0.4, 0.5) is 0 Å². The molecule has 170 valence electrons. The molecular weight excluding hydrogens is 512 g/mol. The van der Waals surface area contributed by atoms with Gasteiger partial charge in [-0.3, -0.25) is 4.79 Å². The fraction of sp³-hybridized carbons (Fsp3) is 0.125. The lowest BCUT2D eigenvalue weighted by atomic mass is 10.2. The number of hydrogen-bond acceptors (Lipinski definition) is 6. The molecule has 0 atom stereocenters. The third-order valence-electron chi connectivity index (χ3n) is 4.15. The van der Waals surface area contributed by atoms with Crippen LogP contribution in [0.15, 0.2) is 76.3 Å². The number of amides is 1. The van der Waals surface area contributed by atoms with E-state index in [2.05, 4.69) is 26.5 Å². The first-order valence-electron chi connectivity index (χ1n) is 9.89. The normalized spacial score (nSPS) is 10.6. The number of nitrogens with one attached hydrogen (secondary N) is 1. The van der Waals surface area contributed by atoms with E-state index in [4.69, 9.17) is 25.8 Å². The number of hydrogen-bond donors (Lipinski definition) is 1. The van der Waals surface area contributed by atoms with E-state index in [1.807, 2.05) is 6.92 Å². The summed E-state index contributed by atoms with van der Waals surface area (Å²) in [6.45, 7) is 2.19. The molecule has 0 aliphatic rings. The van der Waals surface area contributed by atoms with Crippen LogP contribution in [0.5, 0.6) is 17.2 Å². The molecule has 33 heavy (non-hydrogen) atoms. The van der Waals surface area contributed by atoms with Crippen molar-refractivity contribution in [3.63, 3.8) is 0 Å². The topological polar surface area (TPSA) is 86.2 Å². The average Bonchev–Trinajstić information content (AvgIpc) is 2.81. The van der Waals surface area contributed by atoms with Crippen LogP contribution in [0, 0.1) is 0 Å². The van der Waals surface area contributed by atoms with Gasteiger partial charge in [0.15, 0.2) is 6.61 Å². The third kappa shape index (κ3) is 7.62. The van der Waals surface area contributed by atoms with Crippen molar-refractivity contribution < 1.29 is 23.8 Å². The summed E-state index contributed by atoms with van der Waals surface area (Å²) in [4.78, 5) is 24.5. The van der Waals surface area contributed by atoms with E-state index in [9.17, 15) is 9.59 Å². The Morgan fingerprint density at radius 3 is 2.36 bits per heavy atom. The highest BCUT2D eigenvalue weighted by Crippen LogP contribution is 2.23. The summed E-state index contributed by atoms with van der Waals surface area (Å²) < 4.78 is 17.0. The first-order valence-corrected chi connectivity index (χ1v) is 11.1. The van der Waals surface area contributed by atoms with Crippen LogP contribution in [-0.2, 0) is 4.79 Å². The summed E-state index contributed by atoms with van der Waals surface area (Å²) >= 11 is 9.19. The van der Waals surface area contributed by atoms with Crippen molar-refractivity contribution in [2.45, 2.75) is 6.92 Å². The molecule has 0 radical (unpaired) electrons. The van der Waals surface area contributed by atoms with Gasteiger partial charge in [-0.1, -0.05) is 27.5 Å². The van der Waals surface area contributed by atoms with E-state index in [1.54, 1.807) is 66.7 Å². The molecule has 0 aromatic heterocycles. The van der Waals surface area contributed by atoms with Crippen LogP contribution in [0.25, 0.3) is 0 Å². The Labute approximate surface area is 204 Å². The zero-order valence-corrected chi connectivity index (χ0v) is 19.9. The minimum atomic E-state index is -0.532. The van der Waals surface area contributed by atoms with Crippen molar-refractivity contribution in [3.05, 3.63) is 87.4 Å². The molecule has 0 saturated heterocycles.